The summed E-state index contributed by atoms with van der Waals surface area (Å²) in [6, 6.07) is 16.3. The van der Waals surface area contributed by atoms with E-state index < -0.39 is 0 Å². The number of benzene rings is 2. The second-order valence-electron chi connectivity index (χ2n) is 9.69. The first-order valence-corrected chi connectivity index (χ1v) is 10.8. The highest BCUT2D eigenvalue weighted by Crippen LogP contribution is 2.56. The molecule has 1 fully saturated rings. The fraction of sp³-hybridized carbons (Fsp3) is 0.481. The highest BCUT2D eigenvalue weighted by molar-refractivity contribution is 5.70. The average Bonchev–Trinajstić information content (AvgIpc) is 3.25. The summed E-state index contributed by atoms with van der Waals surface area (Å²) < 4.78 is 0. The molecule has 27 heavy (non-hydrogen) atoms. The van der Waals surface area contributed by atoms with Gasteiger partial charge in [0.15, 0.2) is 0 Å². The Labute approximate surface area is 165 Å². The monoisotopic (exact) mass is 358 g/mol. The lowest BCUT2D eigenvalue weighted by Gasteiger charge is -2.19. The summed E-state index contributed by atoms with van der Waals surface area (Å²) in [5.41, 5.74) is 9.40. The third kappa shape index (κ3) is 4.21. The zero-order chi connectivity index (χ0) is 19.0. The van der Waals surface area contributed by atoms with Gasteiger partial charge in [-0.25, -0.2) is 0 Å². The van der Waals surface area contributed by atoms with Crippen LogP contribution in [0.15, 0.2) is 48.5 Å². The number of allylic oxidation sites excluding steroid dienone is 2. The second-order valence-corrected chi connectivity index (χ2v) is 9.69. The van der Waals surface area contributed by atoms with Crippen LogP contribution in [-0.2, 0) is 19.3 Å². The molecular weight excluding hydrogens is 324 g/mol. The summed E-state index contributed by atoms with van der Waals surface area (Å²) in [7, 11) is 0. The van der Waals surface area contributed by atoms with Crippen molar-refractivity contribution in [2.24, 2.45) is 17.3 Å². The molecule has 0 spiro atoms. The Balaban J connectivity index is 1.34. The van der Waals surface area contributed by atoms with Gasteiger partial charge in [-0.3, -0.25) is 0 Å². The third-order valence-corrected chi connectivity index (χ3v) is 7.18. The standard InChI is InChI=1S/C27H34/c1-19-6-10-26-16-25(14-13-24(26)15-19)23-11-8-22(9-12-23)7-5-20(2)17-27(4)18-21(27)3/h6,8-12,14-15,20-21H,5,7,13,16-18H2,1-4H3. The van der Waals surface area contributed by atoms with Crippen LogP contribution >= 0.6 is 0 Å². The minimum atomic E-state index is 0.644. The molecule has 0 N–H and O–H groups in total. The van der Waals surface area contributed by atoms with E-state index in [2.05, 4.69) is 76.2 Å². The lowest BCUT2D eigenvalue weighted by Crippen LogP contribution is -2.06. The van der Waals surface area contributed by atoms with E-state index >= 15 is 0 Å². The Kier molecular flexibility index (Phi) is 5.01. The van der Waals surface area contributed by atoms with E-state index in [0.717, 1.165) is 24.7 Å². The van der Waals surface area contributed by atoms with Gasteiger partial charge in [0.2, 0.25) is 0 Å². The third-order valence-electron chi connectivity index (χ3n) is 7.18. The smallest absolute Gasteiger partial charge is 0.00200 e. The van der Waals surface area contributed by atoms with E-state index in [1.807, 2.05) is 0 Å². The van der Waals surface area contributed by atoms with E-state index in [-0.39, 0.29) is 0 Å². The van der Waals surface area contributed by atoms with Gasteiger partial charge in [-0.2, -0.15) is 0 Å². The number of hydrogen-bond donors (Lipinski definition) is 0. The molecule has 142 valence electrons. The fourth-order valence-electron chi connectivity index (χ4n) is 4.97. The van der Waals surface area contributed by atoms with Crippen LogP contribution in [0.2, 0.25) is 0 Å². The van der Waals surface area contributed by atoms with Crippen molar-refractivity contribution in [2.75, 3.05) is 0 Å². The number of fused-ring (bicyclic) bond motifs is 1. The van der Waals surface area contributed by atoms with Crippen LogP contribution in [0.1, 0.15) is 67.9 Å². The summed E-state index contributed by atoms with van der Waals surface area (Å²) in [4.78, 5) is 0. The summed E-state index contributed by atoms with van der Waals surface area (Å²) in [5, 5.41) is 0. The Morgan fingerprint density at radius 3 is 2.52 bits per heavy atom. The second kappa shape index (κ2) is 7.30. The quantitative estimate of drug-likeness (QED) is 0.513. The molecule has 0 nitrogen and oxygen atoms in total. The Hall–Kier alpha value is -1.82. The van der Waals surface area contributed by atoms with Crippen molar-refractivity contribution in [1.29, 1.82) is 0 Å². The molecule has 0 amide bonds. The maximum absolute atomic E-state index is 2.47. The van der Waals surface area contributed by atoms with Crippen LogP contribution in [-0.4, -0.2) is 0 Å². The van der Waals surface area contributed by atoms with Crippen LogP contribution in [0.5, 0.6) is 0 Å². The molecule has 1 saturated carbocycles. The number of aryl methyl sites for hydroxylation is 2. The van der Waals surface area contributed by atoms with Gasteiger partial charge in [-0.05, 0) is 90.5 Å². The van der Waals surface area contributed by atoms with Crippen molar-refractivity contribution >= 4 is 5.57 Å². The number of hydrogen-bond acceptors (Lipinski definition) is 0. The lowest BCUT2D eigenvalue weighted by molar-refractivity contribution is 0.359. The molecule has 3 unspecified atom stereocenters. The Morgan fingerprint density at radius 2 is 1.81 bits per heavy atom. The summed E-state index contributed by atoms with van der Waals surface area (Å²) >= 11 is 0. The van der Waals surface area contributed by atoms with E-state index in [1.165, 1.54) is 59.1 Å². The predicted molar refractivity (Wildman–Crippen MR) is 117 cm³/mol. The van der Waals surface area contributed by atoms with Crippen molar-refractivity contribution in [3.63, 3.8) is 0 Å². The zero-order valence-corrected chi connectivity index (χ0v) is 17.5. The largest absolute Gasteiger partial charge is 0.0760 e. The molecule has 0 heteroatoms. The van der Waals surface area contributed by atoms with Gasteiger partial charge in [0.05, 0.1) is 0 Å². The van der Waals surface area contributed by atoms with Crippen molar-refractivity contribution < 1.29 is 0 Å². The van der Waals surface area contributed by atoms with Gasteiger partial charge in [-0.1, -0.05) is 74.9 Å². The molecular formula is C27H34. The van der Waals surface area contributed by atoms with Crippen molar-refractivity contribution in [2.45, 2.75) is 66.2 Å². The molecule has 2 aliphatic carbocycles. The van der Waals surface area contributed by atoms with Crippen LogP contribution in [0, 0.1) is 24.2 Å². The molecule has 3 atom stereocenters. The first-order valence-electron chi connectivity index (χ1n) is 10.8. The molecule has 0 saturated heterocycles. The van der Waals surface area contributed by atoms with Crippen molar-refractivity contribution in [3.05, 3.63) is 76.4 Å². The van der Waals surface area contributed by atoms with Crippen LogP contribution in [0.25, 0.3) is 5.57 Å². The maximum atomic E-state index is 2.47. The van der Waals surface area contributed by atoms with Gasteiger partial charge >= 0.3 is 0 Å². The predicted octanol–water partition coefficient (Wildman–Crippen LogP) is 7.18. The van der Waals surface area contributed by atoms with Gasteiger partial charge in [0, 0.05) is 0 Å². The summed E-state index contributed by atoms with van der Waals surface area (Å²) in [6.45, 7) is 9.51. The molecule has 0 aliphatic heterocycles. The highest BCUT2D eigenvalue weighted by Gasteiger charge is 2.46. The zero-order valence-electron chi connectivity index (χ0n) is 17.5. The van der Waals surface area contributed by atoms with Gasteiger partial charge in [-0.15, -0.1) is 0 Å². The molecule has 2 aromatic rings. The lowest BCUT2D eigenvalue weighted by atomic mass is 9.86. The van der Waals surface area contributed by atoms with E-state index in [4.69, 9.17) is 0 Å². The van der Waals surface area contributed by atoms with Crippen LogP contribution in [0.4, 0.5) is 0 Å². The first-order chi connectivity index (χ1) is 12.9. The Morgan fingerprint density at radius 1 is 1.07 bits per heavy atom. The minimum absolute atomic E-state index is 0.644. The van der Waals surface area contributed by atoms with E-state index in [9.17, 15) is 0 Å². The van der Waals surface area contributed by atoms with Crippen LogP contribution in [0.3, 0.4) is 0 Å². The summed E-state index contributed by atoms with van der Waals surface area (Å²) in [5.74, 6) is 1.78. The molecule has 2 aromatic carbocycles. The maximum Gasteiger partial charge on any atom is -0.00200 e. The molecule has 4 rings (SSSR count). The van der Waals surface area contributed by atoms with E-state index in [1.54, 1.807) is 0 Å². The van der Waals surface area contributed by atoms with E-state index in [0.29, 0.717) is 5.41 Å². The molecule has 0 radical (unpaired) electrons. The SMILES string of the molecule is Cc1ccc2c(c1)CC=C(c1ccc(CCC(C)CC3(C)CC3C)cc1)C2. The topological polar surface area (TPSA) is 0 Å². The molecule has 0 heterocycles. The van der Waals surface area contributed by atoms with Gasteiger partial charge in [0.1, 0.15) is 0 Å². The van der Waals surface area contributed by atoms with Gasteiger partial charge in [0.25, 0.3) is 0 Å². The fourth-order valence-corrected chi connectivity index (χ4v) is 4.97. The normalized spacial score (nSPS) is 24.9. The van der Waals surface area contributed by atoms with Gasteiger partial charge < -0.3 is 0 Å². The van der Waals surface area contributed by atoms with Crippen LogP contribution < -0.4 is 0 Å². The number of rotatable bonds is 6. The molecule has 0 aromatic heterocycles. The van der Waals surface area contributed by atoms with Crippen molar-refractivity contribution in [3.8, 4) is 0 Å². The average molecular weight is 359 g/mol. The Bertz CT molecular complexity index is 839. The highest BCUT2D eigenvalue weighted by atomic mass is 14.5. The summed E-state index contributed by atoms with van der Waals surface area (Å²) in [6.07, 6.45) is 9.94. The molecule has 0 bridgehead atoms. The first kappa shape index (κ1) is 18.5. The van der Waals surface area contributed by atoms with Crippen molar-refractivity contribution in [1.82, 2.24) is 0 Å². The molecule has 2 aliphatic rings. The minimum Gasteiger partial charge on any atom is -0.0760 e.